The molecular weight excluding hydrogens is 546 g/mol. The first-order chi connectivity index (χ1) is 19.8. The third-order valence-electron chi connectivity index (χ3n) is 8.57. The molecule has 12 nitrogen and oxygen atoms in total. The van der Waals surface area contributed by atoms with Gasteiger partial charge in [0.05, 0.1) is 18.8 Å². The van der Waals surface area contributed by atoms with Crippen LogP contribution in [0.2, 0.25) is 5.15 Å². The summed E-state index contributed by atoms with van der Waals surface area (Å²) in [6.45, 7) is 6.36. The molecule has 3 aliphatic rings. The van der Waals surface area contributed by atoms with Gasteiger partial charge >= 0.3 is 0 Å². The number of carbonyl (C=O) groups excluding carboxylic acids is 1. The summed E-state index contributed by atoms with van der Waals surface area (Å²) in [4.78, 5) is 39.4. The smallest absolute Gasteiger partial charge is 0.271 e. The molecule has 2 saturated heterocycles. The number of benzene rings is 1. The maximum atomic E-state index is 12.3. The fraction of sp³-hybridized carbons (Fsp3) is 0.607. The van der Waals surface area contributed by atoms with Crippen LogP contribution in [0.1, 0.15) is 49.0 Å². The van der Waals surface area contributed by atoms with E-state index in [2.05, 4.69) is 47.5 Å². The summed E-state index contributed by atoms with van der Waals surface area (Å²) in [6, 6.07) is 6.33. The Labute approximate surface area is 245 Å². The number of aromatic nitrogens is 2. The largest absolute Gasteiger partial charge is 0.495 e. The normalized spacial score (nSPS) is 22.8. The maximum Gasteiger partial charge on any atom is 0.271 e. The molecule has 1 saturated carbocycles. The number of methoxy groups -OCH3 is 1. The molecule has 0 bridgehead atoms. The van der Waals surface area contributed by atoms with Crippen molar-refractivity contribution in [3.05, 3.63) is 34.0 Å². The van der Waals surface area contributed by atoms with Crippen LogP contribution in [-0.4, -0.2) is 97.2 Å². The second-order valence-corrected chi connectivity index (χ2v) is 11.6. The van der Waals surface area contributed by atoms with Crippen LogP contribution in [0.5, 0.6) is 5.75 Å². The molecule has 0 spiro atoms. The zero-order valence-electron chi connectivity index (χ0n) is 23.8. The number of nitrogens with zero attached hydrogens (tertiary/aromatic N) is 6. The van der Waals surface area contributed by atoms with Crippen LogP contribution in [0, 0.1) is 4.91 Å². The van der Waals surface area contributed by atoms with Crippen molar-refractivity contribution in [1.29, 1.82) is 0 Å². The van der Waals surface area contributed by atoms with Gasteiger partial charge in [0.2, 0.25) is 0 Å². The van der Waals surface area contributed by atoms with Crippen molar-refractivity contribution in [2.75, 3.05) is 69.0 Å². The standard InChI is InChI=1S/C28H40ClN9O3/c1-36-13-15-37(16-14-36)21-9-11-38(12-10-21)22-17-20(7-8-23(22)41-2)32-27-24(26(30)39)33-25(29)28(34-27)31-18-3-5-19(35-40)6-4-18/h7-8,17-19,21H,3-6,9-16H2,1-2H3,(H2,30,39)(H2,31,32,34)/t18-,19-. The summed E-state index contributed by atoms with van der Waals surface area (Å²) in [6.07, 6.45) is 5.14. The first-order valence-electron chi connectivity index (χ1n) is 14.4. The highest BCUT2D eigenvalue weighted by atomic mass is 35.5. The highest BCUT2D eigenvalue weighted by molar-refractivity contribution is 6.32. The van der Waals surface area contributed by atoms with E-state index in [0.29, 0.717) is 24.7 Å². The van der Waals surface area contributed by atoms with Gasteiger partial charge in [-0.15, -0.1) is 0 Å². The van der Waals surface area contributed by atoms with Crippen molar-refractivity contribution in [1.82, 2.24) is 19.8 Å². The number of anilines is 4. The number of nitrogens with one attached hydrogen (secondary N) is 2. The van der Waals surface area contributed by atoms with Gasteiger partial charge in [-0.25, -0.2) is 9.97 Å². The summed E-state index contributed by atoms with van der Waals surface area (Å²) in [7, 11) is 3.86. The Morgan fingerprint density at radius 1 is 1.02 bits per heavy atom. The van der Waals surface area contributed by atoms with Crippen molar-refractivity contribution in [2.24, 2.45) is 10.9 Å². The number of hydrogen-bond donors (Lipinski definition) is 3. The molecule has 222 valence electrons. The van der Waals surface area contributed by atoms with Gasteiger partial charge in [0.1, 0.15) is 5.75 Å². The molecule has 0 radical (unpaired) electrons. The molecular formula is C28H40ClN9O3. The number of piperidine rings is 1. The minimum Gasteiger partial charge on any atom is -0.495 e. The van der Waals surface area contributed by atoms with E-state index < -0.39 is 5.91 Å². The number of piperazine rings is 1. The minimum absolute atomic E-state index is 0.0419. The van der Waals surface area contributed by atoms with E-state index >= 15 is 0 Å². The van der Waals surface area contributed by atoms with Gasteiger partial charge in [-0.3, -0.25) is 9.69 Å². The monoisotopic (exact) mass is 585 g/mol. The van der Waals surface area contributed by atoms with Gasteiger partial charge in [-0.05, 0) is 63.8 Å². The van der Waals surface area contributed by atoms with Crippen LogP contribution < -0.4 is 26.0 Å². The lowest BCUT2D eigenvalue weighted by atomic mass is 9.92. The second kappa shape index (κ2) is 13.2. The Morgan fingerprint density at radius 2 is 1.73 bits per heavy atom. The van der Waals surface area contributed by atoms with E-state index in [4.69, 9.17) is 22.1 Å². The minimum atomic E-state index is -0.731. The van der Waals surface area contributed by atoms with Gasteiger partial charge in [-0.2, -0.15) is 4.91 Å². The van der Waals surface area contributed by atoms with Crippen LogP contribution in [0.25, 0.3) is 0 Å². The van der Waals surface area contributed by atoms with Crippen LogP contribution in [0.4, 0.5) is 23.0 Å². The van der Waals surface area contributed by atoms with Gasteiger partial charge in [0, 0.05) is 57.0 Å². The Balaban J connectivity index is 1.31. The third-order valence-corrected chi connectivity index (χ3v) is 8.84. The summed E-state index contributed by atoms with van der Waals surface area (Å²) in [5.41, 5.74) is 7.31. The Morgan fingerprint density at radius 3 is 2.37 bits per heavy atom. The summed E-state index contributed by atoms with van der Waals surface area (Å²) < 4.78 is 5.71. The molecule has 1 aromatic carbocycles. The number of ether oxygens (including phenoxy) is 1. The van der Waals surface area contributed by atoms with E-state index in [9.17, 15) is 9.70 Å². The van der Waals surface area contributed by atoms with E-state index in [1.807, 2.05) is 18.2 Å². The summed E-state index contributed by atoms with van der Waals surface area (Å²) in [5, 5.41) is 9.81. The number of hydrogen-bond acceptors (Lipinski definition) is 11. The van der Waals surface area contributed by atoms with Gasteiger partial charge < -0.3 is 30.9 Å². The number of halogens is 1. The van der Waals surface area contributed by atoms with Crippen molar-refractivity contribution in [2.45, 2.75) is 56.7 Å². The topological polar surface area (TPSA) is 141 Å². The number of rotatable bonds is 9. The number of primary amides is 1. The third kappa shape index (κ3) is 6.99. The molecule has 1 amide bonds. The lowest BCUT2D eigenvalue weighted by Gasteiger charge is -2.42. The maximum absolute atomic E-state index is 12.3. The summed E-state index contributed by atoms with van der Waals surface area (Å²) >= 11 is 6.40. The number of nitrogens with two attached hydrogens (primary N) is 1. The zero-order valence-corrected chi connectivity index (χ0v) is 24.6. The summed E-state index contributed by atoms with van der Waals surface area (Å²) in [5.74, 6) is 0.637. The van der Waals surface area contributed by atoms with Crippen molar-refractivity contribution < 1.29 is 9.53 Å². The van der Waals surface area contributed by atoms with E-state index in [-0.39, 0.29) is 28.7 Å². The Kier molecular flexibility index (Phi) is 9.41. The van der Waals surface area contributed by atoms with Crippen molar-refractivity contribution in [3.8, 4) is 5.75 Å². The predicted molar refractivity (Wildman–Crippen MR) is 162 cm³/mol. The van der Waals surface area contributed by atoms with Gasteiger partial charge in [0.25, 0.3) is 5.91 Å². The van der Waals surface area contributed by atoms with Crippen molar-refractivity contribution >= 4 is 40.5 Å². The first kappa shape index (κ1) is 29.3. The van der Waals surface area contributed by atoms with Crippen molar-refractivity contribution in [3.63, 3.8) is 0 Å². The van der Waals surface area contributed by atoms with Crippen LogP contribution in [0.15, 0.2) is 23.4 Å². The average molecular weight is 586 g/mol. The molecule has 0 unspecified atom stereocenters. The molecule has 5 rings (SSSR count). The van der Waals surface area contributed by atoms with Crippen LogP contribution in [0.3, 0.4) is 0 Å². The fourth-order valence-corrected chi connectivity index (χ4v) is 6.28. The lowest BCUT2D eigenvalue weighted by molar-refractivity contribution is 0.0981. The molecule has 4 N–H and O–H groups in total. The SMILES string of the molecule is COc1ccc(Nc2nc(N[C@H]3CC[C@H](N=O)CC3)c(Cl)nc2C(N)=O)cc1N1CCC(N2CCN(C)CC2)CC1. The number of amides is 1. The van der Waals surface area contributed by atoms with Gasteiger partial charge in [0.15, 0.2) is 22.5 Å². The molecule has 1 aromatic heterocycles. The Hall–Kier alpha value is -3.22. The quantitative estimate of drug-likeness (QED) is 0.373. The predicted octanol–water partition coefficient (Wildman–Crippen LogP) is 3.69. The van der Waals surface area contributed by atoms with E-state index in [0.717, 1.165) is 82.1 Å². The average Bonchev–Trinajstić information content (AvgIpc) is 2.99. The number of likely N-dealkylation sites (N-methyl/N-ethyl adjacent to an activating group) is 1. The molecule has 2 aromatic rings. The van der Waals surface area contributed by atoms with Crippen LogP contribution in [-0.2, 0) is 0 Å². The number of carbonyl (C=O) groups is 1. The highest BCUT2D eigenvalue weighted by Gasteiger charge is 2.28. The lowest BCUT2D eigenvalue weighted by Crippen LogP contribution is -2.52. The molecule has 0 atom stereocenters. The molecule has 3 fully saturated rings. The number of nitroso groups, excluding NO2 is 1. The molecule has 2 aliphatic heterocycles. The first-order valence-corrected chi connectivity index (χ1v) is 14.8. The second-order valence-electron chi connectivity index (χ2n) is 11.2. The zero-order chi connectivity index (χ0) is 28.9. The van der Waals surface area contributed by atoms with E-state index in [1.165, 1.54) is 0 Å². The van der Waals surface area contributed by atoms with Gasteiger partial charge in [-0.1, -0.05) is 16.8 Å². The Bertz CT molecular complexity index is 1220. The molecule has 41 heavy (non-hydrogen) atoms. The van der Waals surface area contributed by atoms with E-state index in [1.54, 1.807) is 7.11 Å². The molecule has 1 aliphatic carbocycles. The van der Waals surface area contributed by atoms with Crippen LogP contribution >= 0.6 is 11.6 Å². The molecule has 13 heteroatoms. The molecule has 3 heterocycles. The fourth-order valence-electron chi connectivity index (χ4n) is 6.10. The highest BCUT2D eigenvalue weighted by Crippen LogP contribution is 2.36.